The number of esters is 2. The van der Waals surface area contributed by atoms with Crippen molar-refractivity contribution in [3.8, 4) is 0 Å². The van der Waals surface area contributed by atoms with Crippen molar-refractivity contribution in [2.75, 3.05) is 31.8 Å². The quantitative estimate of drug-likeness (QED) is 0.0330. The zero-order valence-corrected chi connectivity index (χ0v) is 38.0. The SMILES string of the molecule is CC(OC(=O)OCCCOC(=O)CCCC[C@@H]1CCSS1)OC(=O)[C@H](Cc1cccc(S(C)(=O)=O)c1)NC(=O)c1c(Cl)cc2c(c1Cl)CCN(C(=O)c1ccc3ccoc3c1)C2. The third-order valence-electron chi connectivity index (χ3n) is 10.2. The van der Waals surface area contributed by atoms with E-state index in [1.165, 1.54) is 37.3 Å². The van der Waals surface area contributed by atoms with Crippen LogP contribution in [0.4, 0.5) is 4.79 Å². The van der Waals surface area contributed by atoms with Crippen LogP contribution in [0.5, 0.6) is 0 Å². The summed E-state index contributed by atoms with van der Waals surface area (Å²) in [6.45, 7) is 1.66. The number of amides is 2. The fraction of sp³-hybridized carbons (Fsp3) is 0.419. The van der Waals surface area contributed by atoms with Crippen LogP contribution >= 0.6 is 44.8 Å². The lowest BCUT2D eigenvalue weighted by Gasteiger charge is -2.30. The molecule has 2 aliphatic rings. The lowest BCUT2D eigenvalue weighted by atomic mass is 9.95. The summed E-state index contributed by atoms with van der Waals surface area (Å²) in [6, 6.07) is 13.0. The highest BCUT2D eigenvalue weighted by Gasteiger charge is 2.32. The Balaban J connectivity index is 1.05. The Kier molecular flexibility index (Phi) is 16.5. The van der Waals surface area contributed by atoms with Gasteiger partial charge in [0.15, 0.2) is 9.84 Å². The molecule has 19 heteroatoms. The highest BCUT2D eigenvalue weighted by atomic mass is 35.5. The Morgan fingerprint density at radius 2 is 1.79 bits per heavy atom. The number of hydrogen-bond acceptors (Lipinski definition) is 14. The molecule has 2 amide bonds. The molecule has 3 aromatic carbocycles. The minimum Gasteiger partial charge on any atom is -0.466 e. The molecule has 2 aliphatic heterocycles. The molecule has 62 heavy (non-hydrogen) atoms. The topological polar surface area (TPSA) is 185 Å². The molecule has 3 heterocycles. The van der Waals surface area contributed by atoms with Crippen molar-refractivity contribution in [2.45, 2.75) is 87.3 Å². The Morgan fingerprint density at radius 3 is 2.56 bits per heavy atom. The van der Waals surface area contributed by atoms with Crippen LogP contribution in [0.15, 0.2) is 70.2 Å². The largest absolute Gasteiger partial charge is 0.511 e. The Bertz CT molecular complexity index is 2400. The van der Waals surface area contributed by atoms with Crippen molar-refractivity contribution < 1.29 is 55.8 Å². The first-order chi connectivity index (χ1) is 29.7. The summed E-state index contributed by atoms with van der Waals surface area (Å²) in [7, 11) is 0.182. The average molecular weight is 950 g/mol. The second kappa shape index (κ2) is 21.8. The van der Waals surface area contributed by atoms with Gasteiger partial charge in [-0.3, -0.25) is 14.4 Å². The normalized spacial score (nSPS) is 15.9. The molecule has 332 valence electrons. The molecule has 1 fully saturated rings. The van der Waals surface area contributed by atoms with E-state index in [-0.39, 0.29) is 65.0 Å². The van der Waals surface area contributed by atoms with Crippen LogP contribution in [-0.2, 0) is 57.8 Å². The fourth-order valence-corrected chi connectivity index (χ4v) is 11.5. The minimum absolute atomic E-state index is 0.00870. The van der Waals surface area contributed by atoms with Crippen LogP contribution in [-0.4, -0.2) is 92.6 Å². The first-order valence-electron chi connectivity index (χ1n) is 20.0. The summed E-state index contributed by atoms with van der Waals surface area (Å²) in [6.07, 6.45) is 4.59. The predicted octanol–water partition coefficient (Wildman–Crippen LogP) is 8.37. The van der Waals surface area contributed by atoms with Crippen molar-refractivity contribution in [1.29, 1.82) is 0 Å². The standard InChI is InChI=1S/C43H46Cl2N2O12S3/c1-26(59-43(52)57-18-6-17-56-37(48)10-4-3-8-31-15-20-60-61-31)58-42(51)35(22-27-7-5-9-32(21-27)62(2,53)54)46-40(49)38-34(44)23-30-25-47(16-13-33(30)39(38)45)41(50)29-12-11-28-14-19-55-36(28)24-29/h5,7,9,11-12,14,19,21,23-24,26,31,35H,3-4,6,8,10,13,15-18,20,22,25H2,1-2H3,(H,46,49)/t26?,31-,35+/m1/s1. The Morgan fingerprint density at radius 1 is 0.984 bits per heavy atom. The van der Waals surface area contributed by atoms with Crippen LogP contribution < -0.4 is 5.32 Å². The number of benzene rings is 3. The lowest BCUT2D eigenvalue weighted by Crippen LogP contribution is -2.45. The molecule has 4 aromatic rings. The molecule has 6 rings (SSSR count). The van der Waals surface area contributed by atoms with Crippen molar-refractivity contribution in [3.63, 3.8) is 0 Å². The first kappa shape index (κ1) is 47.1. The third-order valence-corrected chi connectivity index (χ3v) is 15.0. The van der Waals surface area contributed by atoms with E-state index in [1.807, 2.05) is 21.6 Å². The van der Waals surface area contributed by atoms with Gasteiger partial charge in [-0.25, -0.2) is 18.0 Å². The number of unbranched alkanes of at least 4 members (excludes halogenated alkanes) is 1. The van der Waals surface area contributed by atoms with E-state index in [9.17, 15) is 32.4 Å². The summed E-state index contributed by atoms with van der Waals surface area (Å²) in [5.74, 6) is -1.22. The predicted molar refractivity (Wildman–Crippen MR) is 236 cm³/mol. The van der Waals surface area contributed by atoms with Gasteiger partial charge in [-0.05, 0) is 78.8 Å². The molecular weight excluding hydrogens is 904 g/mol. The third kappa shape index (κ3) is 12.8. The number of ether oxygens (including phenoxy) is 4. The zero-order valence-electron chi connectivity index (χ0n) is 34.0. The molecule has 1 unspecified atom stereocenters. The van der Waals surface area contributed by atoms with Crippen LogP contribution in [0.3, 0.4) is 0 Å². The number of rotatable bonds is 18. The molecule has 1 N–H and O–H groups in total. The molecule has 0 bridgehead atoms. The van der Waals surface area contributed by atoms with E-state index in [0.717, 1.165) is 30.9 Å². The molecule has 0 aliphatic carbocycles. The number of halogens is 2. The number of nitrogens with zero attached hydrogens (tertiary/aromatic N) is 1. The number of nitrogens with one attached hydrogen (secondary N) is 1. The van der Waals surface area contributed by atoms with E-state index in [4.69, 9.17) is 46.6 Å². The summed E-state index contributed by atoms with van der Waals surface area (Å²) < 4.78 is 50.8. The van der Waals surface area contributed by atoms with E-state index >= 15 is 0 Å². The summed E-state index contributed by atoms with van der Waals surface area (Å²) >= 11 is 13.5. The van der Waals surface area contributed by atoms with Gasteiger partial charge in [0.2, 0.25) is 6.29 Å². The van der Waals surface area contributed by atoms with Crippen molar-refractivity contribution in [1.82, 2.24) is 10.2 Å². The summed E-state index contributed by atoms with van der Waals surface area (Å²) in [4.78, 5) is 67.1. The maximum atomic E-state index is 13.9. The van der Waals surface area contributed by atoms with Gasteiger partial charge in [0.25, 0.3) is 11.8 Å². The molecule has 0 saturated carbocycles. The lowest BCUT2D eigenvalue weighted by molar-refractivity contribution is -0.170. The van der Waals surface area contributed by atoms with E-state index in [1.54, 1.807) is 47.6 Å². The van der Waals surface area contributed by atoms with Gasteiger partial charge in [0, 0.05) is 67.5 Å². The van der Waals surface area contributed by atoms with Crippen LogP contribution in [0.1, 0.15) is 82.9 Å². The monoisotopic (exact) mass is 948 g/mol. The Labute approximate surface area is 377 Å². The second-order valence-electron chi connectivity index (χ2n) is 14.9. The molecular formula is C43H46Cl2N2O12S3. The highest BCUT2D eigenvalue weighted by molar-refractivity contribution is 8.77. The van der Waals surface area contributed by atoms with Crippen LogP contribution in [0.25, 0.3) is 11.0 Å². The van der Waals surface area contributed by atoms with Gasteiger partial charge >= 0.3 is 18.1 Å². The van der Waals surface area contributed by atoms with Crippen molar-refractivity contribution >= 4 is 95.5 Å². The van der Waals surface area contributed by atoms with E-state index < -0.39 is 40.2 Å². The number of carbonyl (C=O) groups is 5. The van der Waals surface area contributed by atoms with Gasteiger partial charge in [0.05, 0.1) is 40.0 Å². The van der Waals surface area contributed by atoms with Crippen LogP contribution in [0, 0.1) is 0 Å². The maximum Gasteiger partial charge on any atom is 0.511 e. The second-order valence-corrected chi connectivity index (χ2v) is 20.4. The molecule has 14 nitrogen and oxygen atoms in total. The fourth-order valence-electron chi connectivity index (χ4n) is 6.98. The van der Waals surface area contributed by atoms with Gasteiger partial charge < -0.3 is 33.6 Å². The Hall–Kier alpha value is -4.42. The number of sulfone groups is 1. The molecule has 3 atom stereocenters. The first-order valence-corrected chi connectivity index (χ1v) is 25.0. The molecule has 1 aromatic heterocycles. The number of hydrogen-bond donors (Lipinski definition) is 1. The smallest absolute Gasteiger partial charge is 0.466 e. The number of fused-ring (bicyclic) bond motifs is 2. The van der Waals surface area contributed by atoms with Gasteiger partial charge in [-0.1, -0.05) is 69.4 Å². The van der Waals surface area contributed by atoms with E-state index in [2.05, 4.69) is 5.32 Å². The van der Waals surface area contributed by atoms with Gasteiger partial charge in [-0.2, -0.15) is 0 Å². The number of carbonyl (C=O) groups excluding carboxylic acids is 5. The molecule has 1 saturated heterocycles. The van der Waals surface area contributed by atoms with Crippen molar-refractivity contribution in [2.24, 2.45) is 0 Å². The van der Waals surface area contributed by atoms with E-state index in [0.29, 0.717) is 52.5 Å². The summed E-state index contributed by atoms with van der Waals surface area (Å²) in [5, 5.41) is 4.15. The highest BCUT2D eigenvalue weighted by Crippen LogP contribution is 2.40. The van der Waals surface area contributed by atoms with Gasteiger partial charge in [-0.15, -0.1) is 0 Å². The van der Waals surface area contributed by atoms with Gasteiger partial charge in [0.1, 0.15) is 11.6 Å². The molecule has 0 radical (unpaired) electrons. The van der Waals surface area contributed by atoms with Crippen molar-refractivity contribution in [3.05, 3.63) is 98.7 Å². The van der Waals surface area contributed by atoms with Crippen LogP contribution in [0.2, 0.25) is 10.0 Å². The minimum atomic E-state index is -3.62. The maximum absolute atomic E-state index is 13.9. The summed E-state index contributed by atoms with van der Waals surface area (Å²) in [5.41, 5.74) is 2.53. The average Bonchev–Trinajstić information content (AvgIpc) is 3.94. The number of furan rings is 1. The molecule has 0 spiro atoms. The zero-order chi connectivity index (χ0) is 44.4.